The monoisotopic (exact) mass is 396 g/mol. The van der Waals surface area contributed by atoms with Gasteiger partial charge in [0.15, 0.2) is 6.61 Å². The molecule has 5 heteroatoms. The molecule has 0 fully saturated rings. The van der Waals surface area contributed by atoms with Crippen molar-refractivity contribution in [2.24, 2.45) is 0 Å². The van der Waals surface area contributed by atoms with Gasteiger partial charge in [-0.1, -0.05) is 56.3 Å². The number of aryl methyl sites for hydroxylation is 1. The third-order valence-electron chi connectivity index (χ3n) is 4.93. The molecule has 0 bridgehead atoms. The summed E-state index contributed by atoms with van der Waals surface area (Å²) in [6.45, 7) is 8.15. The molecule has 0 aliphatic heterocycles. The van der Waals surface area contributed by atoms with Gasteiger partial charge in [0, 0.05) is 12.6 Å². The second-order valence-corrected chi connectivity index (χ2v) is 7.35. The SMILES string of the molecule is CCC(C)NC(=O)C(CC)N(Cc1ccccc1)C(=O)COc1cccc(C)c1. The molecule has 2 aromatic carbocycles. The minimum Gasteiger partial charge on any atom is -0.484 e. The van der Waals surface area contributed by atoms with E-state index in [1.54, 1.807) is 4.90 Å². The Morgan fingerprint density at radius 1 is 1.03 bits per heavy atom. The van der Waals surface area contributed by atoms with E-state index < -0.39 is 6.04 Å². The summed E-state index contributed by atoms with van der Waals surface area (Å²) in [5, 5.41) is 3.01. The predicted molar refractivity (Wildman–Crippen MR) is 116 cm³/mol. The van der Waals surface area contributed by atoms with Crippen molar-refractivity contribution in [3.05, 3.63) is 65.7 Å². The molecule has 2 amide bonds. The van der Waals surface area contributed by atoms with Gasteiger partial charge in [0.2, 0.25) is 5.91 Å². The summed E-state index contributed by atoms with van der Waals surface area (Å²) in [5.74, 6) is 0.318. The number of nitrogens with one attached hydrogen (secondary N) is 1. The van der Waals surface area contributed by atoms with E-state index in [0.717, 1.165) is 17.5 Å². The van der Waals surface area contributed by atoms with Crippen molar-refractivity contribution in [2.75, 3.05) is 6.61 Å². The molecule has 0 saturated heterocycles. The van der Waals surface area contributed by atoms with Gasteiger partial charge in [-0.3, -0.25) is 9.59 Å². The zero-order valence-corrected chi connectivity index (χ0v) is 17.9. The van der Waals surface area contributed by atoms with Crippen LogP contribution in [0.4, 0.5) is 0 Å². The Morgan fingerprint density at radius 2 is 1.76 bits per heavy atom. The van der Waals surface area contributed by atoms with E-state index in [9.17, 15) is 9.59 Å². The molecule has 156 valence electrons. The number of hydrogen-bond acceptors (Lipinski definition) is 3. The van der Waals surface area contributed by atoms with Crippen molar-refractivity contribution >= 4 is 11.8 Å². The van der Waals surface area contributed by atoms with Crippen molar-refractivity contribution < 1.29 is 14.3 Å². The largest absolute Gasteiger partial charge is 0.484 e. The van der Waals surface area contributed by atoms with Crippen LogP contribution in [0.25, 0.3) is 0 Å². The number of hydrogen-bond donors (Lipinski definition) is 1. The normalized spacial score (nSPS) is 12.7. The molecule has 1 N–H and O–H groups in total. The van der Waals surface area contributed by atoms with E-state index in [1.165, 1.54) is 0 Å². The lowest BCUT2D eigenvalue weighted by Crippen LogP contribution is -2.51. The summed E-state index contributed by atoms with van der Waals surface area (Å²) >= 11 is 0. The molecule has 2 unspecified atom stereocenters. The van der Waals surface area contributed by atoms with E-state index >= 15 is 0 Å². The van der Waals surface area contributed by atoms with Gasteiger partial charge in [0.1, 0.15) is 11.8 Å². The minimum atomic E-state index is -0.544. The number of amides is 2. The zero-order valence-electron chi connectivity index (χ0n) is 17.9. The molecule has 2 aromatic rings. The Labute approximate surface area is 174 Å². The molecule has 0 spiro atoms. The number of rotatable bonds is 10. The van der Waals surface area contributed by atoms with Crippen LogP contribution in [0.5, 0.6) is 5.75 Å². The number of benzene rings is 2. The fourth-order valence-corrected chi connectivity index (χ4v) is 3.07. The maximum absolute atomic E-state index is 13.1. The van der Waals surface area contributed by atoms with Gasteiger partial charge >= 0.3 is 0 Å². The Morgan fingerprint density at radius 3 is 2.38 bits per heavy atom. The molecule has 0 aliphatic rings. The Hall–Kier alpha value is -2.82. The van der Waals surface area contributed by atoms with E-state index in [4.69, 9.17) is 4.74 Å². The molecule has 0 aliphatic carbocycles. The molecular formula is C24H32N2O3. The van der Waals surface area contributed by atoms with Crippen LogP contribution >= 0.6 is 0 Å². The molecular weight excluding hydrogens is 364 g/mol. The first-order chi connectivity index (χ1) is 13.9. The summed E-state index contributed by atoms with van der Waals surface area (Å²) in [6, 6.07) is 16.8. The molecule has 29 heavy (non-hydrogen) atoms. The Balaban J connectivity index is 2.18. The molecule has 2 rings (SSSR count). The van der Waals surface area contributed by atoms with Gasteiger partial charge in [-0.05, 0) is 49.9 Å². The van der Waals surface area contributed by atoms with Crippen LogP contribution in [0.3, 0.4) is 0 Å². The van der Waals surface area contributed by atoms with Crippen LogP contribution in [0, 0.1) is 6.92 Å². The van der Waals surface area contributed by atoms with Gasteiger partial charge in [-0.25, -0.2) is 0 Å². The maximum atomic E-state index is 13.1. The van der Waals surface area contributed by atoms with Crippen LogP contribution in [0.1, 0.15) is 44.7 Å². The first-order valence-electron chi connectivity index (χ1n) is 10.3. The fourth-order valence-electron chi connectivity index (χ4n) is 3.07. The number of carbonyl (C=O) groups excluding carboxylic acids is 2. The molecule has 5 nitrogen and oxygen atoms in total. The Bertz CT molecular complexity index is 792. The van der Waals surface area contributed by atoms with Crippen LogP contribution in [-0.2, 0) is 16.1 Å². The van der Waals surface area contributed by atoms with Gasteiger partial charge in [0.05, 0.1) is 0 Å². The van der Waals surface area contributed by atoms with E-state index in [0.29, 0.717) is 18.7 Å². The fraction of sp³-hybridized carbons (Fsp3) is 0.417. The van der Waals surface area contributed by atoms with Crippen molar-refractivity contribution in [2.45, 2.75) is 59.2 Å². The quantitative estimate of drug-likeness (QED) is 0.658. The van der Waals surface area contributed by atoms with Crippen molar-refractivity contribution in [1.29, 1.82) is 0 Å². The van der Waals surface area contributed by atoms with Gasteiger partial charge in [-0.2, -0.15) is 0 Å². The lowest BCUT2D eigenvalue weighted by Gasteiger charge is -2.31. The first kappa shape index (κ1) is 22.5. The standard InChI is InChI=1S/C24H32N2O3/c1-5-19(4)25-24(28)22(6-2)26(16-20-12-8-7-9-13-20)23(27)17-29-21-14-10-11-18(3)15-21/h7-15,19,22H,5-6,16-17H2,1-4H3,(H,25,28). The van der Waals surface area contributed by atoms with E-state index in [-0.39, 0.29) is 24.5 Å². The maximum Gasteiger partial charge on any atom is 0.261 e. The third-order valence-corrected chi connectivity index (χ3v) is 4.93. The average Bonchev–Trinajstić information content (AvgIpc) is 2.72. The topological polar surface area (TPSA) is 58.6 Å². The lowest BCUT2D eigenvalue weighted by molar-refractivity contribution is -0.143. The van der Waals surface area contributed by atoms with Crippen LogP contribution < -0.4 is 10.1 Å². The van der Waals surface area contributed by atoms with E-state index in [2.05, 4.69) is 5.32 Å². The number of carbonyl (C=O) groups is 2. The highest BCUT2D eigenvalue weighted by Gasteiger charge is 2.29. The molecule has 0 heterocycles. The predicted octanol–water partition coefficient (Wildman–Crippen LogP) is 4.10. The highest BCUT2D eigenvalue weighted by molar-refractivity contribution is 5.88. The molecule has 0 radical (unpaired) electrons. The van der Waals surface area contributed by atoms with Gasteiger partial charge in [-0.15, -0.1) is 0 Å². The summed E-state index contributed by atoms with van der Waals surface area (Å²) in [6.07, 6.45) is 1.37. The zero-order chi connectivity index (χ0) is 21.2. The smallest absolute Gasteiger partial charge is 0.261 e. The minimum absolute atomic E-state index is 0.0637. The second kappa shape index (κ2) is 11.2. The lowest BCUT2D eigenvalue weighted by atomic mass is 10.1. The van der Waals surface area contributed by atoms with Crippen LogP contribution in [0.2, 0.25) is 0 Å². The second-order valence-electron chi connectivity index (χ2n) is 7.35. The number of ether oxygens (including phenoxy) is 1. The van der Waals surface area contributed by atoms with Crippen LogP contribution in [-0.4, -0.2) is 35.4 Å². The van der Waals surface area contributed by atoms with Gasteiger partial charge < -0.3 is 15.0 Å². The summed E-state index contributed by atoms with van der Waals surface area (Å²) < 4.78 is 5.72. The third kappa shape index (κ3) is 6.93. The average molecular weight is 397 g/mol. The Kier molecular flexibility index (Phi) is 8.71. The van der Waals surface area contributed by atoms with Crippen molar-refractivity contribution in [3.63, 3.8) is 0 Å². The highest BCUT2D eigenvalue weighted by Crippen LogP contribution is 2.15. The molecule has 0 saturated carbocycles. The molecule has 2 atom stereocenters. The summed E-state index contributed by atoms with van der Waals surface area (Å²) in [4.78, 5) is 27.6. The first-order valence-corrected chi connectivity index (χ1v) is 10.3. The summed E-state index contributed by atoms with van der Waals surface area (Å²) in [5.41, 5.74) is 2.04. The van der Waals surface area contributed by atoms with Crippen molar-refractivity contribution in [1.82, 2.24) is 10.2 Å². The number of nitrogens with zero attached hydrogens (tertiary/aromatic N) is 1. The van der Waals surface area contributed by atoms with Gasteiger partial charge in [0.25, 0.3) is 5.91 Å². The van der Waals surface area contributed by atoms with E-state index in [1.807, 2.05) is 82.3 Å². The highest BCUT2D eigenvalue weighted by atomic mass is 16.5. The van der Waals surface area contributed by atoms with Crippen molar-refractivity contribution in [3.8, 4) is 5.75 Å². The van der Waals surface area contributed by atoms with Crippen LogP contribution in [0.15, 0.2) is 54.6 Å². The summed E-state index contributed by atoms with van der Waals surface area (Å²) in [7, 11) is 0. The molecule has 0 aromatic heterocycles.